The fourth-order valence-electron chi connectivity index (χ4n) is 3.21. The van der Waals surface area contributed by atoms with Crippen LogP contribution in [0.1, 0.15) is 31.1 Å². The van der Waals surface area contributed by atoms with Gasteiger partial charge in [0.1, 0.15) is 5.75 Å². The van der Waals surface area contributed by atoms with Crippen LogP contribution < -0.4 is 20.3 Å². The van der Waals surface area contributed by atoms with E-state index >= 15 is 0 Å². The molecule has 0 fully saturated rings. The largest absolute Gasteiger partial charge is 0.491 e. The molecule has 0 aliphatic carbocycles. The summed E-state index contributed by atoms with van der Waals surface area (Å²) in [6.45, 7) is 6.57. The summed E-state index contributed by atoms with van der Waals surface area (Å²) in [4.78, 5) is 26.8. The number of para-hydroxylation sites is 1. The molecule has 2 N–H and O–H groups in total. The molecule has 32 heavy (non-hydrogen) atoms. The summed E-state index contributed by atoms with van der Waals surface area (Å²) >= 11 is 0. The minimum atomic E-state index is -0.163. The normalized spacial score (nSPS) is 10.5. The van der Waals surface area contributed by atoms with E-state index in [-0.39, 0.29) is 24.5 Å². The molecule has 0 bridgehead atoms. The lowest BCUT2D eigenvalue weighted by Crippen LogP contribution is -2.30. The van der Waals surface area contributed by atoms with Crippen molar-refractivity contribution in [2.75, 3.05) is 28.6 Å². The van der Waals surface area contributed by atoms with Crippen molar-refractivity contribution in [1.82, 2.24) is 0 Å². The van der Waals surface area contributed by atoms with E-state index in [2.05, 4.69) is 10.6 Å². The van der Waals surface area contributed by atoms with Crippen molar-refractivity contribution in [3.8, 4) is 5.75 Å². The molecular formula is C26H29N3O3. The monoisotopic (exact) mass is 431 g/mol. The molecule has 0 saturated carbocycles. The van der Waals surface area contributed by atoms with Gasteiger partial charge in [-0.2, -0.15) is 0 Å². The lowest BCUT2D eigenvalue weighted by molar-refractivity contribution is -0.114. The molecule has 6 nitrogen and oxygen atoms in total. The number of nitrogens with one attached hydrogen (secondary N) is 2. The van der Waals surface area contributed by atoms with Crippen LogP contribution >= 0.6 is 0 Å². The van der Waals surface area contributed by atoms with Crippen LogP contribution in [0.5, 0.6) is 5.75 Å². The number of nitrogens with zero attached hydrogens (tertiary/aromatic N) is 1. The van der Waals surface area contributed by atoms with Crippen LogP contribution in [-0.2, 0) is 4.79 Å². The van der Waals surface area contributed by atoms with Crippen LogP contribution in [0.2, 0.25) is 0 Å². The van der Waals surface area contributed by atoms with Crippen molar-refractivity contribution in [2.24, 2.45) is 0 Å². The minimum absolute atomic E-state index is 0.0621. The Morgan fingerprint density at radius 3 is 2.09 bits per heavy atom. The van der Waals surface area contributed by atoms with Gasteiger partial charge < -0.3 is 20.3 Å². The zero-order valence-corrected chi connectivity index (χ0v) is 18.7. The molecule has 2 amide bonds. The number of anilines is 3. The lowest BCUT2D eigenvalue weighted by Gasteiger charge is -2.21. The highest BCUT2D eigenvalue weighted by Crippen LogP contribution is 2.19. The van der Waals surface area contributed by atoms with E-state index in [1.807, 2.05) is 75.4 Å². The summed E-state index contributed by atoms with van der Waals surface area (Å²) in [5.41, 5.74) is 2.92. The predicted molar refractivity (Wildman–Crippen MR) is 130 cm³/mol. The van der Waals surface area contributed by atoms with Gasteiger partial charge in [-0.05, 0) is 81.4 Å². The number of carbonyl (C=O) groups is 2. The third kappa shape index (κ3) is 6.35. The fourth-order valence-corrected chi connectivity index (χ4v) is 3.21. The molecule has 0 spiro atoms. The Bertz CT molecular complexity index is 1020. The number of hydrogen-bond donors (Lipinski definition) is 2. The maximum absolute atomic E-state index is 12.9. The average molecular weight is 432 g/mol. The first kappa shape index (κ1) is 22.9. The van der Waals surface area contributed by atoms with Gasteiger partial charge in [0.25, 0.3) is 5.91 Å². The maximum atomic E-state index is 12.9. The van der Waals surface area contributed by atoms with Crippen LogP contribution in [0, 0.1) is 0 Å². The van der Waals surface area contributed by atoms with Crippen molar-refractivity contribution in [1.29, 1.82) is 0 Å². The highest BCUT2D eigenvalue weighted by Gasteiger charge is 2.15. The molecule has 0 saturated heterocycles. The van der Waals surface area contributed by atoms with Crippen molar-refractivity contribution in [3.05, 3.63) is 84.4 Å². The highest BCUT2D eigenvalue weighted by atomic mass is 16.5. The smallest absolute Gasteiger partial charge is 0.258 e. The molecule has 0 aliphatic rings. The Morgan fingerprint density at radius 1 is 0.875 bits per heavy atom. The van der Waals surface area contributed by atoms with Gasteiger partial charge in [0.05, 0.1) is 12.6 Å². The predicted octanol–water partition coefficient (Wildman–Crippen LogP) is 5.19. The number of carbonyl (C=O) groups excluding carboxylic acids is 2. The van der Waals surface area contributed by atoms with Gasteiger partial charge >= 0.3 is 0 Å². The van der Waals surface area contributed by atoms with E-state index in [4.69, 9.17) is 4.74 Å². The average Bonchev–Trinajstić information content (AvgIpc) is 2.80. The van der Waals surface area contributed by atoms with Gasteiger partial charge in [0.2, 0.25) is 5.91 Å². The van der Waals surface area contributed by atoms with Crippen LogP contribution in [0.3, 0.4) is 0 Å². The maximum Gasteiger partial charge on any atom is 0.258 e. The Morgan fingerprint density at radius 2 is 1.50 bits per heavy atom. The summed E-state index contributed by atoms with van der Waals surface area (Å²) in [5, 5.41) is 5.93. The Balaban J connectivity index is 1.53. The summed E-state index contributed by atoms with van der Waals surface area (Å²) in [6.07, 6.45) is 0.102. The quantitative estimate of drug-likeness (QED) is 0.489. The van der Waals surface area contributed by atoms with E-state index in [0.29, 0.717) is 17.8 Å². The molecule has 0 unspecified atom stereocenters. The molecule has 0 heterocycles. The number of rotatable bonds is 9. The van der Waals surface area contributed by atoms with Crippen molar-refractivity contribution < 1.29 is 14.3 Å². The highest BCUT2D eigenvalue weighted by molar-refractivity contribution is 6.06. The van der Waals surface area contributed by atoms with Crippen LogP contribution in [0.25, 0.3) is 0 Å². The van der Waals surface area contributed by atoms with Gasteiger partial charge in [-0.3, -0.25) is 9.59 Å². The number of ether oxygens (including phenoxy) is 1. The Labute approximate surface area is 189 Å². The minimum Gasteiger partial charge on any atom is -0.491 e. The zero-order chi connectivity index (χ0) is 22.9. The third-order valence-corrected chi connectivity index (χ3v) is 4.72. The Hall–Kier alpha value is -3.80. The molecule has 0 aromatic heterocycles. The number of hydrogen-bond acceptors (Lipinski definition) is 4. The van der Waals surface area contributed by atoms with Gasteiger partial charge in [0.15, 0.2) is 0 Å². The molecule has 0 aliphatic heterocycles. The SMILES string of the molecule is CCN(C(=O)c1ccc(NCC(=O)Nc2ccc(OC(C)C)cc2)cc1)c1ccccc1. The van der Waals surface area contributed by atoms with Crippen LogP contribution in [0.4, 0.5) is 17.1 Å². The summed E-state index contributed by atoms with van der Waals surface area (Å²) in [6, 6.07) is 24.0. The molecule has 3 aromatic rings. The molecule has 0 radical (unpaired) electrons. The number of benzene rings is 3. The second-order valence-electron chi connectivity index (χ2n) is 7.56. The topological polar surface area (TPSA) is 70.7 Å². The Kier molecular flexibility index (Phi) is 7.86. The van der Waals surface area contributed by atoms with E-state index < -0.39 is 0 Å². The first-order valence-corrected chi connectivity index (χ1v) is 10.7. The van der Waals surface area contributed by atoms with Crippen molar-refractivity contribution in [3.63, 3.8) is 0 Å². The second-order valence-corrected chi connectivity index (χ2v) is 7.56. The van der Waals surface area contributed by atoms with E-state index in [1.54, 1.807) is 29.2 Å². The van der Waals surface area contributed by atoms with Crippen LogP contribution in [0.15, 0.2) is 78.9 Å². The lowest BCUT2D eigenvalue weighted by atomic mass is 10.1. The summed E-state index contributed by atoms with van der Waals surface area (Å²) < 4.78 is 5.60. The standard InChI is InChI=1S/C26H29N3O3/c1-4-29(23-8-6-5-7-9-23)26(31)20-10-12-21(13-11-20)27-18-25(30)28-22-14-16-24(17-15-22)32-19(2)3/h5-17,19,27H,4,18H2,1-3H3,(H,28,30). The third-order valence-electron chi connectivity index (χ3n) is 4.72. The molecule has 3 aromatic carbocycles. The van der Waals surface area contributed by atoms with E-state index in [9.17, 15) is 9.59 Å². The van der Waals surface area contributed by atoms with Crippen LogP contribution in [-0.4, -0.2) is 31.0 Å². The van der Waals surface area contributed by atoms with Gasteiger partial charge in [-0.15, -0.1) is 0 Å². The fraction of sp³-hybridized carbons (Fsp3) is 0.231. The van der Waals surface area contributed by atoms with Crippen molar-refractivity contribution in [2.45, 2.75) is 26.9 Å². The first-order chi connectivity index (χ1) is 15.5. The summed E-state index contributed by atoms with van der Waals surface area (Å²) in [7, 11) is 0. The molecule has 0 atom stereocenters. The van der Waals surface area contributed by atoms with Crippen molar-refractivity contribution >= 4 is 28.9 Å². The zero-order valence-electron chi connectivity index (χ0n) is 18.7. The van der Waals surface area contributed by atoms with Gasteiger partial charge in [-0.1, -0.05) is 18.2 Å². The molecule has 3 rings (SSSR count). The molecular weight excluding hydrogens is 402 g/mol. The molecule has 6 heteroatoms. The van der Waals surface area contributed by atoms with E-state index in [1.165, 1.54) is 0 Å². The summed E-state index contributed by atoms with van der Waals surface area (Å²) in [5.74, 6) is 0.538. The first-order valence-electron chi connectivity index (χ1n) is 10.7. The molecule has 166 valence electrons. The number of amides is 2. The van der Waals surface area contributed by atoms with Gasteiger partial charge in [-0.25, -0.2) is 0 Å². The van der Waals surface area contributed by atoms with Gasteiger partial charge in [0, 0.05) is 29.2 Å². The second kappa shape index (κ2) is 11.0. The van der Waals surface area contributed by atoms with E-state index in [0.717, 1.165) is 17.1 Å².